The van der Waals surface area contributed by atoms with E-state index in [0.29, 0.717) is 11.8 Å². The average Bonchev–Trinajstić information content (AvgIpc) is 4.09. The maximum atomic E-state index is 2.59. The molecule has 13 rings (SSSR count). The smallest absolute Gasteiger partial charge is 0.0622 e. The van der Waals surface area contributed by atoms with Crippen LogP contribution in [-0.4, -0.2) is 8.80 Å². The fourth-order valence-electron chi connectivity index (χ4n) is 11.8. The van der Waals surface area contributed by atoms with E-state index in [9.17, 15) is 0 Å². The van der Waals surface area contributed by atoms with Gasteiger partial charge in [0.2, 0.25) is 0 Å². The van der Waals surface area contributed by atoms with Gasteiger partial charge in [0.1, 0.15) is 0 Å². The van der Waals surface area contributed by atoms with Crippen LogP contribution in [0.1, 0.15) is 103 Å². The highest BCUT2D eigenvalue weighted by molar-refractivity contribution is 6.30. The number of fused-ring (bicyclic) bond motifs is 12. The Morgan fingerprint density at radius 2 is 0.625 bits per heavy atom. The summed E-state index contributed by atoms with van der Waals surface area (Å²) in [5.74, 6) is 0.898. The molecule has 0 N–H and O–H groups in total. The molecule has 9 aromatic carbocycles. The van der Waals surface area contributed by atoms with Crippen molar-refractivity contribution < 1.29 is 0 Å². The summed E-state index contributed by atoms with van der Waals surface area (Å²) in [7, 11) is 0. The van der Waals surface area contributed by atoms with Crippen molar-refractivity contribution in [1.29, 1.82) is 0 Å². The number of hydrogen-bond acceptors (Lipinski definition) is 2. The molecule has 4 nitrogen and oxygen atoms in total. The third-order valence-electron chi connectivity index (χ3n) is 15.8. The molecular weight excluding hydrogens is 873 g/mol. The van der Waals surface area contributed by atoms with E-state index in [-0.39, 0.29) is 10.8 Å². The molecule has 0 spiro atoms. The summed E-state index contributed by atoms with van der Waals surface area (Å²) in [4.78, 5) is 4.89. The average molecular weight is 935 g/mol. The number of hydrogen-bond donors (Lipinski definition) is 0. The van der Waals surface area contributed by atoms with Crippen molar-refractivity contribution in [2.24, 2.45) is 0 Å². The van der Waals surface area contributed by atoms with Crippen molar-refractivity contribution >= 4 is 110 Å². The Labute approximate surface area is 423 Å². The molecule has 0 radical (unpaired) electrons. The van der Waals surface area contributed by atoms with E-state index in [2.05, 4.69) is 270 Å². The van der Waals surface area contributed by atoms with E-state index in [1.807, 2.05) is 0 Å². The lowest BCUT2D eigenvalue weighted by molar-refractivity contribution is 0.590. The van der Waals surface area contributed by atoms with Crippen LogP contribution in [0.2, 0.25) is 0 Å². The van der Waals surface area contributed by atoms with Gasteiger partial charge in [0.05, 0.1) is 33.1 Å². The minimum absolute atomic E-state index is 0.0210. The van der Waals surface area contributed by atoms with Gasteiger partial charge in [-0.3, -0.25) is 0 Å². The Bertz CT molecular complexity index is 3920. The van der Waals surface area contributed by atoms with Gasteiger partial charge in [-0.15, -0.1) is 0 Å². The molecule has 0 amide bonds. The lowest BCUT2D eigenvalue weighted by atomic mass is 9.86. The summed E-state index contributed by atoms with van der Waals surface area (Å²) in [6.07, 6.45) is 0. The Kier molecular flexibility index (Phi) is 9.71. The largest absolute Gasteiger partial charge is 0.310 e. The summed E-state index contributed by atoms with van der Waals surface area (Å²) >= 11 is 0. The standard InChI is InChI=1S/C68H62N4/c1-41(2)43-21-27-49(28-22-43)69(47-17-13-11-14-18-47)51-35-57-53-31-25-45(67(5,6)7)33-61(53)71-63-40-56-60-38-52(70(48-19-15-12-16-20-48)50-29-23-44(24-30-50)42(3)4)36-58-54-32-26-46(68(8,9)10)34-62(54)72(66(58)60)64(56)39-55(63)59(37-51)65(57)71/h11-42H,1-10H3. The first-order valence-corrected chi connectivity index (χ1v) is 26.0. The van der Waals surface area contributed by atoms with E-state index in [0.717, 1.165) is 34.1 Å². The fraction of sp³-hybridized carbons (Fsp3) is 0.206. The van der Waals surface area contributed by atoms with Gasteiger partial charge in [-0.1, -0.05) is 154 Å². The molecule has 4 heteroatoms. The van der Waals surface area contributed by atoms with Crippen molar-refractivity contribution in [1.82, 2.24) is 8.80 Å². The van der Waals surface area contributed by atoms with Gasteiger partial charge >= 0.3 is 0 Å². The Balaban J connectivity index is 1.16. The van der Waals surface area contributed by atoms with E-state index in [4.69, 9.17) is 0 Å². The van der Waals surface area contributed by atoms with Gasteiger partial charge in [-0.25, -0.2) is 0 Å². The van der Waals surface area contributed by atoms with E-state index >= 15 is 0 Å². The highest BCUT2D eigenvalue weighted by Gasteiger charge is 2.28. The quantitative estimate of drug-likeness (QED) is 0.151. The van der Waals surface area contributed by atoms with Crippen LogP contribution in [-0.2, 0) is 10.8 Å². The molecule has 4 aromatic heterocycles. The van der Waals surface area contributed by atoms with Gasteiger partial charge in [-0.05, 0) is 142 Å². The normalized spacial score (nSPS) is 12.8. The molecule has 0 bridgehead atoms. The van der Waals surface area contributed by atoms with Crippen molar-refractivity contribution in [3.63, 3.8) is 0 Å². The van der Waals surface area contributed by atoms with Gasteiger partial charge in [-0.2, -0.15) is 0 Å². The molecule has 0 aliphatic rings. The third kappa shape index (κ3) is 6.71. The molecular formula is C68H62N4. The summed E-state index contributed by atoms with van der Waals surface area (Å²) in [5, 5.41) is 10.1. The van der Waals surface area contributed by atoms with Crippen molar-refractivity contribution in [2.45, 2.75) is 91.9 Å². The monoisotopic (exact) mass is 934 g/mol. The van der Waals surface area contributed by atoms with Gasteiger partial charge in [0.15, 0.2) is 0 Å². The van der Waals surface area contributed by atoms with Crippen LogP contribution >= 0.6 is 0 Å². The third-order valence-corrected chi connectivity index (χ3v) is 15.8. The zero-order valence-corrected chi connectivity index (χ0v) is 43.3. The second-order valence-corrected chi connectivity index (χ2v) is 23.1. The highest BCUT2D eigenvalue weighted by atomic mass is 15.1. The molecule has 0 unspecified atom stereocenters. The molecule has 0 aliphatic carbocycles. The van der Waals surface area contributed by atoms with Crippen LogP contribution in [0.3, 0.4) is 0 Å². The summed E-state index contributed by atoms with van der Waals surface area (Å²) in [6.45, 7) is 23.0. The van der Waals surface area contributed by atoms with E-state index in [1.165, 1.54) is 98.4 Å². The summed E-state index contributed by atoms with van der Waals surface area (Å²) in [6, 6.07) is 69.4. The SMILES string of the molecule is CC(C)c1ccc(N(c2ccccc2)c2cc3c4ccc(C(C)(C)C)cc4n4c5cc6c7cc(N(c8ccccc8)c8ccc(C(C)C)cc8)cc8c9ccc(C(C)(C)C)cc9n(c6cc5c(c2)c34)c87)cc1. The second-order valence-electron chi connectivity index (χ2n) is 23.1. The number of nitrogens with zero attached hydrogens (tertiary/aromatic N) is 4. The molecule has 0 aliphatic heterocycles. The maximum absolute atomic E-state index is 2.59. The first-order valence-electron chi connectivity index (χ1n) is 26.0. The van der Waals surface area contributed by atoms with Crippen LogP contribution in [0.15, 0.2) is 182 Å². The molecule has 0 atom stereocenters. The number of benzene rings is 9. The van der Waals surface area contributed by atoms with E-state index < -0.39 is 0 Å². The van der Waals surface area contributed by atoms with Crippen LogP contribution in [0.5, 0.6) is 0 Å². The highest BCUT2D eigenvalue weighted by Crippen LogP contribution is 2.50. The first-order chi connectivity index (χ1) is 34.6. The van der Waals surface area contributed by atoms with Crippen molar-refractivity contribution in [3.05, 3.63) is 204 Å². The Hall–Kier alpha value is -7.82. The minimum atomic E-state index is -0.0210. The summed E-state index contributed by atoms with van der Waals surface area (Å²) < 4.78 is 5.19. The molecule has 72 heavy (non-hydrogen) atoms. The van der Waals surface area contributed by atoms with Crippen LogP contribution in [0, 0.1) is 0 Å². The lowest BCUT2D eigenvalue weighted by Gasteiger charge is -2.26. The Morgan fingerprint density at radius 1 is 0.306 bits per heavy atom. The summed E-state index contributed by atoms with van der Waals surface area (Å²) in [5.41, 5.74) is 19.6. The predicted octanol–water partition coefficient (Wildman–Crippen LogP) is 19.8. The van der Waals surface area contributed by atoms with Gasteiger partial charge < -0.3 is 18.6 Å². The molecule has 13 aromatic rings. The molecule has 0 fully saturated rings. The zero-order chi connectivity index (χ0) is 49.5. The molecule has 0 saturated heterocycles. The second kappa shape index (κ2) is 15.8. The van der Waals surface area contributed by atoms with E-state index in [1.54, 1.807) is 0 Å². The van der Waals surface area contributed by atoms with Gasteiger partial charge in [0, 0.05) is 77.2 Å². The molecule has 0 saturated carbocycles. The van der Waals surface area contributed by atoms with Crippen LogP contribution in [0.4, 0.5) is 34.1 Å². The number of aromatic nitrogens is 2. The van der Waals surface area contributed by atoms with Crippen molar-refractivity contribution in [2.75, 3.05) is 9.80 Å². The topological polar surface area (TPSA) is 15.3 Å². The first kappa shape index (κ1) is 44.1. The lowest BCUT2D eigenvalue weighted by Crippen LogP contribution is -2.10. The fourth-order valence-corrected chi connectivity index (χ4v) is 11.8. The van der Waals surface area contributed by atoms with Crippen LogP contribution in [0.25, 0.3) is 76.2 Å². The number of para-hydroxylation sites is 2. The van der Waals surface area contributed by atoms with Crippen molar-refractivity contribution in [3.8, 4) is 0 Å². The number of rotatable bonds is 8. The predicted molar refractivity (Wildman–Crippen MR) is 311 cm³/mol. The molecule has 354 valence electrons. The zero-order valence-electron chi connectivity index (χ0n) is 43.3. The number of anilines is 6. The van der Waals surface area contributed by atoms with Gasteiger partial charge in [0.25, 0.3) is 0 Å². The van der Waals surface area contributed by atoms with Crippen LogP contribution < -0.4 is 9.80 Å². The Morgan fingerprint density at radius 3 is 0.958 bits per heavy atom. The maximum Gasteiger partial charge on any atom is 0.0622 e. The minimum Gasteiger partial charge on any atom is -0.310 e. The molecule has 4 heterocycles.